The topological polar surface area (TPSA) is 68.5 Å². The van der Waals surface area contributed by atoms with Gasteiger partial charge < -0.3 is 15.4 Å². The van der Waals surface area contributed by atoms with Crippen LogP contribution in [0, 0.1) is 0 Å². The molecule has 0 radical (unpaired) electrons. The quantitative estimate of drug-likeness (QED) is 0.817. The van der Waals surface area contributed by atoms with Crippen molar-refractivity contribution < 1.29 is 9.53 Å². The lowest BCUT2D eigenvalue weighted by molar-refractivity contribution is 0.0601. The van der Waals surface area contributed by atoms with Gasteiger partial charge in [0.25, 0.3) is 0 Å². The first-order valence-electron chi connectivity index (χ1n) is 5.81. The van der Waals surface area contributed by atoms with Crippen LogP contribution in [0.25, 0.3) is 0 Å². The second-order valence-electron chi connectivity index (χ2n) is 4.25. The summed E-state index contributed by atoms with van der Waals surface area (Å²) in [4.78, 5) is 18.2. The summed E-state index contributed by atoms with van der Waals surface area (Å²) >= 11 is 1.91. The largest absolute Gasteiger partial charge is 0.465 e. The number of methoxy groups -OCH3 is 1. The van der Waals surface area contributed by atoms with Gasteiger partial charge in [0.05, 0.1) is 19.0 Å². The minimum Gasteiger partial charge on any atom is -0.465 e. The first kappa shape index (κ1) is 13.0. The monoisotopic (exact) mass is 267 g/mol. The normalized spacial score (nSPS) is 19.7. The number of aromatic nitrogens is 1. The molecule has 0 bridgehead atoms. The van der Waals surface area contributed by atoms with E-state index in [0.29, 0.717) is 23.1 Å². The maximum absolute atomic E-state index is 11.8. The van der Waals surface area contributed by atoms with Crippen molar-refractivity contribution >= 4 is 29.2 Å². The molecule has 1 atom stereocenters. The number of ether oxygens (including phenoxy) is 1. The Kier molecular flexibility index (Phi) is 3.96. The standard InChI is InChI=1S/C12H17N3O2S/c1-8-7-18-4-3-15(8)11-10(12(16)17-2)5-9(13)6-14-11/h5-6,8H,3-4,7,13H2,1-2H3. The number of hydrogen-bond donors (Lipinski definition) is 1. The fourth-order valence-electron chi connectivity index (χ4n) is 2.00. The number of anilines is 2. The number of nitrogen functional groups attached to an aromatic ring is 1. The smallest absolute Gasteiger partial charge is 0.341 e. The molecule has 1 aromatic heterocycles. The SMILES string of the molecule is COC(=O)c1cc(N)cnc1N1CCSCC1C. The summed E-state index contributed by atoms with van der Waals surface area (Å²) in [6, 6.07) is 1.98. The van der Waals surface area contributed by atoms with Gasteiger partial charge in [0.15, 0.2) is 0 Å². The summed E-state index contributed by atoms with van der Waals surface area (Å²) in [6.45, 7) is 3.01. The molecule has 0 saturated carbocycles. The maximum Gasteiger partial charge on any atom is 0.341 e. The molecule has 0 aromatic carbocycles. The highest BCUT2D eigenvalue weighted by Gasteiger charge is 2.25. The highest BCUT2D eigenvalue weighted by molar-refractivity contribution is 7.99. The average Bonchev–Trinajstić information content (AvgIpc) is 2.39. The molecule has 2 N–H and O–H groups in total. The first-order valence-corrected chi connectivity index (χ1v) is 6.97. The third-order valence-corrected chi connectivity index (χ3v) is 4.12. The number of hydrogen-bond acceptors (Lipinski definition) is 6. The molecule has 0 aliphatic carbocycles. The van der Waals surface area contributed by atoms with Gasteiger partial charge in [-0.2, -0.15) is 11.8 Å². The van der Waals surface area contributed by atoms with Crippen LogP contribution in [0.1, 0.15) is 17.3 Å². The van der Waals surface area contributed by atoms with E-state index in [1.165, 1.54) is 7.11 Å². The van der Waals surface area contributed by atoms with Gasteiger partial charge in [0.2, 0.25) is 0 Å². The van der Waals surface area contributed by atoms with E-state index in [2.05, 4.69) is 16.8 Å². The Bertz CT molecular complexity index is 453. The van der Waals surface area contributed by atoms with Crippen LogP contribution in [0.2, 0.25) is 0 Å². The van der Waals surface area contributed by atoms with Gasteiger partial charge >= 0.3 is 5.97 Å². The molecule has 1 saturated heterocycles. The summed E-state index contributed by atoms with van der Waals surface area (Å²) in [5, 5.41) is 0. The summed E-state index contributed by atoms with van der Waals surface area (Å²) in [5.41, 5.74) is 6.60. The van der Waals surface area contributed by atoms with Crippen molar-refractivity contribution in [2.24, 2.45) is 0 Å². The van der Waals surface area contributed by atoms with E-state index in [-0.39, 0.29) is 0 Å². The van der Waals surface area contributed by atoms with E-state index in [0.717, 1.165) is 18.1 Å². The number of pyridine rings is 1. The van der Waals surface area contributed by atoms with Crippen molar-refractivity contribution in [1.82, 2.24) is 4.98 Å². The Balaban J connectivity index is 2.39. The van der Waals surface area contributed by atoms with Crippen LogP contribution in [0.3, 0.4) is 0 Å². The maximum atomic E-state index is 11.8. The molecule has 2 heterocycles. The van der Waals surface area contributed by atoms with Crippen LogP contribution in [0.4, 0.5) is 11.5 Å². The molecule has 0 amide bonds. The minimum atomic E-state index is -0.393. The number of esters is 1. The Morgan fingerprint density at radius 1 is 1.67 bits per heavy atom. The summed E-state index contributed by atoms with van der Waals surface area (Å²) < 4.78 is 4.79. The van der Waals surface area contributed by atoms with E-state index in [4.69, 9.17) is 10.5 Å². The fraction of sp³-hybridized carbons (Fsp3) is 0.500. The lowest BCUT2D eigenvalue weighted by Crippen LogP contribution is -2.41. The van der Waals surface area contributed by atoms with Crippen molar-refractivity contribution in [3.63, 3.8) is 0 Å². The second-order valence-corrected chi connectivity index (χ2v) is 5.40. The van der Waals surface area contributed by atoms with Gasteiger partial charge in [-0.05, 0) is 13.0 Å². The van der Waals surface area contributed by atoms with E-state index in [1.54, 1.807) is 12.3 Å². The van der Waals surface area contributed by atoms with Gasteiger partial charge in [0, 0.05) is 24.1 Å². The highest BCUT2D eigenvalue weighted by Crippen LogP contribution is 2.26. The molecule has 6 heteroatoms. The van der Waals surface area contributed by atoms with Crippen molar-refractivity contribution in [3.05, 3.63) is 17.8 Å². The van der Waals surface area contributed by atoms with E-state index in [9.17, 15) is 4.79 Å². The van der Waals surface area contributed by atoms with Crippen LogP contribution in [0.15, 0.2) is 12.3 Å². The molecule has 98 valence electrons. The highest BCUT2D eigenvalue weighted by atomic mass is 32.2. The zero-order valence-electron chi connectivity index (χ0n) is 10.5. The van der Waals surface area contributed by atoms with Crippen LogP contribution in [0.5, 0.6) is 0 Å². The number of rotatable bonds is 2. The summed E-state index contributed by atoms with van der Waals surface area (Å²) in [6.07, 6.45) is 1.58. The Hall–Kier alpha value is -1.43. The van der Waals surface area contributed by atoms with Crippen molar-refractivity contribution in [2.45, 2.75) is 13.0 Å². The molecule has 2 rings (SSSR count). The lowest BCUT2D eigenvalue weighted by atomic mass is 10.2. The van der Waals surface area contributed by atoms with Crippen LogP contribution in [-0.2, 0) is 4.74 Å². The van der Waals surface area contributed by atoms with Gasteiger partial charge in [0.1, 0.15) is 11.4 Å². The molecular formula is C12H17N3O2S. The predicted octanol–water partition coefficient (Wildman–Crippen LogP) is 1.39. The molecule has 1 unspecified atom stereocenters. The Labute approximate surface area is 111 Å². The number of nitrogens with two attached hydrogens (primary N) is 1. The molecule has 1 fully saturated rings. The van der Waals surface area contributed by atoms with Crippen molar-refractivity contribution in [3.8, 4) is 0 Å². The third kappa shape index (κ3) is 2.53. The Morgan fingerprint density at radius 3 is 3.11 bits per heavy atom. The molecule has 0 spiro atoms. The van der Waals surface area contributed by atoms with Gasteiger partial charge in [-0.25, -0.2) is 9.78 Å². The number of carbonyl (C=O) groups excluding carboxylic acids is 1. The van der Waals surface area contributed by atoms with E-state index < -0.39 is 5.97 Å². The van der Waals surface area contributed by atoms with Crippen LogP contribution < -0.4 is 10.6 Å². The number of thioether (sulfide) groups is 1. The molecule has 1 aliphatic heterocycles. The molecule has 5 nitrogen and oxygen atoms in total. The molecule has 1 aromatic rings. The fourth-order valence-corrected chi connectivity index (χ4v) is 3.02. The zero-order chi connectivity index (χ0) is 13.1. The van der Waals surface area contributed by atoms with Crippen LogP contribution >= 0.6 is 11.8 Å². The zero-order valence-corrected chi connectivity index (χ0v) is 11.4. The van der Waals surface area contributed by atoms with Gasteiger partial charge in [-0.15, -0.1) is 0 Å². The number of nitrogens with zero attached hydrogens (tertiary/aromatic N) is 2. The molecular weight excluding hydrogens is 250 g/mol. The van der Waals surface area contributed by atoms with E-state index in [1.807, 2.05) is 11.8 Å². The van der Waals surface area contributed by atoms with Crippen molar-refractivity contribution in [1.29, 1.82) is 0 Å². The lowest BCUT2D eigenvalue weighted by Gasteiger charge is -2.34. The summed E-state index contributed by atoms with van der Waals surface area (Å²) in [5.74, 6) is 2.35. The van der Waals surface area contributed by atoms with Gasteiger partial charge in [-0.3, -0.25) is 0 Å². The van der Waals surface area contributed by atoms with Crippen LogP contribution in [-0.4, -0.2) is 42.2 Å². The molecule has 1 aliphatic rings. The summed E-state index contributed by atoms with van der Waals surface area (Å²) in [7, 11) is 1.37. The predicted molar refractivity (Wildman–Crippen MR) is 74.1 cm³/mol. The average molecular weight is 267 g/mol. The number of carbonyl (C=O) groups is 1. The van der Waals surface area contributed by atoms with Gasteiger partial charge in [-0.1, -0.05) is 0 Å². The molecule has 18 heavy (non-hydrogen) atoms. The van der Waals surface area contributed by atoms with Crippen molar-refractivity contribution in [2.75, 3.05) is 35.8 Å². The minimum absolute atomic E-state index is 0.350. The second kappa shape index (κ2) is 5.48. The Morgan fingerprint density at radius 2 is 2.44 bits per heavy atom. The van der Waals surface area contributed by atoms with E-state index >= 15 is 0 Å². The third-order valence-electron chi connectivity index (χ3n) is 2.93. The first-order chi connectivity index (χ1) is 8.63.